The fourth-order valence-corrected chi connectivity index (χ4v) is 6.34. The molecule has 0 amide bonds. The lowest BCUT2D eigenvalue weighted by molar-refractivity contribution is -0.166. The minimum absolute atomic E-state index is 0.142. The van der Waals surface area contributed by atoms with Crippen molar-refractivity contribution in [1.82, 2.24) is 0 Å². The number of rotatable bonds is 45. The van der Waals surface area contributed by atoms with Gasteiger partial charge >= 0.3 is 17.9 Å². The minimum atomic E-state index is -0.855. The normalized spacial score (nSPS) is 13.5. The Morgan fingerprint density at radius 3 is 0.942 bits per heavy atom. The molecular weight excluding hydrogens is 853 g/mol. The first kappa shape index (κ1) is 63.8. The van der Waals surface area contributed by atoms with Crippen LogP contribution in [-0.2, 0) is 28.6 Å². The van der Waals surface area contributed by atoms with Gasteiger partial charge in [-0.2, -0.15) is 0 Å². The smallest absolute Gasteiger partial charge is 0.306 e. The summed E-state index contributed by atoms with van der Waals surface area (Å²) in [7, 11) is 0. The molecule has 0 aromatic heterocycles. The lowest BCUT2D eigenvalue weighted by Gasteiger charge is -2.18. The van der Waals surface area contributed by atoms with Crippen LogP contribution < -0.4 is 0 Å². The van der Waals surface area contributed by atoms with E-state index in [0.29, 0.717) is 19.3 Å². The van der Waals surface area contributed by atoms with Gasteiger partial charge in [0.2, 0.25) is 0 Å². The molecule has 0 radical (unpaired) electrons. The van der Waals surface area contributed by atoms with E-state index in [-0.39, 0.29) is 38.0 Å². The zero-order valence-corrected chi connectivity index (χ0v) is 43.5. The van der Waals surface area contributed by atoms with Crippen LogP contribution in [-0.4, -0.2) is 37.2 Å². The molecule has 0 aromatic carbocycles. The van der Waals surface area contributed by atoms with Crippen molar-refractivity contribution >= 4 is 17.9 Å². The van der Waals surface area contributed by atoms with Crippen LogP contribution in [0, 0.1) is 0 Å². The Bertz CT molecular complexity index is 1650. The summed E-state index contributed by atoms with van der Waals surface area (Å²) in [5.41, 5.74) is 0. The average molecular weight is 947 g/mol. The Morgan fingerprint density at radius 1 is 0.290 bits per heavy atom. The summed E-state index contributed by atoms with van der Waals surface area (Å²) in [5.74, 6) is -1.12. The van der Waals surface area contributed by atoms with Crippen LogP contribution in [0.15, 0.2) is 170 Å². The molecule has 6 nitrogen and oxygen atoms in total. The molecule has 0 fully saturated rings. The van der Waals surface area contributed by atoms with E-state index in [1.165, 1.54) is 0 Å². The standard InChI is InChI=1S/C63H94O6/c1-4-7-10-13-16-19-22-25-28-30-31-33-35-38-41-44-47-50-53-56-62(65)68-59-60(58-67-61(64)55-52-49-46-43-40-37-34-27-24-21-18-15-12-9-6-3)69-63(66)57-54-51-48-45-42-39-36-32-29-26-23-20-17-14-11-8-5-2/h7-12,16-21,25-29,31,33-34,36,38-39,41,45,47-48,50,60H,4-6,13-15,22-24,30,32,35,37,40,42-44,46,49,51-59H2,1-3H3/b10-7-,11-8-,12-9-,19-16-,20-17-,21-18-,28-25-,29-26-,33-31-,34-27-,39-36-,41-38-,48-45-,50-47-/t60-/m1/s1. The Morgan fingerprint density at radius 2 is 0.565 bits per heavy atom. The second-order valence-electron chi connectivity index (χ2n) is 16.6. The predicted molar refractivity (Wildman–Crippen MR) is 297 cm³/mol. The van der Waals surface area contributed by atoms with Crippen molar-refractivity contribution in [1.29, 1.82) is 0 Å². The first-order valence-electron chi connectivity index (χ1n) is 26.6. The van der Waals surface area contributed by atoms with E-state index < -0.39 is 12.1 Å². The third-order valence-corrected chi connectivity index (χ3v) is 10.2. The summed E-state index contributed by atoms with van der Waals surface area (Å²) in [4.78, 5) is 38.0. The summed E-state index contributed by atoms with van der Waals surface area (Å²) < 4.78 is 16.7. The molecule has 0 aliphatic rings. The Labute approximate surface area is 422 Å². The lowest BCUT2D eigenvalue weighted by atomic mass is 10.1. The summed E-state index contributed by atoms with van der Waals surface area (Å²) in [6.07, 6.45) is 82.1. The van der Waals surface area contributed by atoms with E-state index in [4.69, 9.17) is 14.2 Å². The fraction of sp³-hybridized carbons (Fsp3) is 0.508. The zero-order chi connectivity index (χ0) is 50.0. The van der Waals surface area contributed by atoms with Crippen LogP contribution in [0.3, 0.4) is 0 Å². The summed E-state index contributed by atoms with van der Waals surface area (Å²) in [6.45, 7) is 6.14. The van der Waals surface area contributed by atoms with Crippen molar-refractivity contribution in [3.05, 3.63) is 170 Å². The SMILES string of the molecule is CC/C=C\C/C=C\C/C=C\C/C=C\C/C=C\C/C=C\CCC(=O)OC[C@@H](COC(=O)CCCCCCC/C=C\C/C=C\C/C=C\CC)OC(=O)CCC/C=C\C/C=C\C/C=C\C/C=C\C/C=C\CC. The fourth-order valence-electron chi connectivity index (χ4n) is 6.34. The van der Waals surface area contributed by atoms with Crippen LogP contribution >= 0.6 is 0 Å². The average Bonchev–Trinajstić information content (AvgIpc) is 3.35. The first-order chi connectivity index (χ1) is 34.0. The molecule has 0 aromatic rings. The van der Waals surface area contributed by atoms with E-state index in [9.17, 15) is 14.4 Å². The van der Waals surface area contributed by atoms with Gasteiger partial charge in [0.15, 0.2) is 6.10 Å². The maximum absolute atomic E-state index is 12.8. The van der Waals surface area contributed by atoms with Crippen molar-refractivity contribution in [3.63, 3.8) is 0 Å². The quantitative estimate of drug-likeness (QED) is 0.0262. The van der Waals surface area contributed by atoms with Crippen molar-refractivity contribution < 1.29 is 28.6 Å². The molecule has 6 heteroatoms. The molecular formula is C63H94O6. The highest BCUT2D eigenvalue weighted by Gasteiger charge is 2.19. The Hall–Kier alpha value is -5.23. The molecule has 0 aliphatic heterocycles. The number of ether oxygens (including phenoxy) is 3. The monoisotopic (exact) mass is 947 g/mol. The second kappa shape index (κ2) is 55.4. The van der Waals surface area contributed by atoms with Gasteiger partial charge in [0, 0.05) is 19.3 Å². The molecule has 0 bridgehead atoms. The molecule has 0 aliphatic carbocycles. The molecule has 0 saturated heterocycles. The van der Waals surface area contributed by atoms with Gasteiger partial charge in [0.1, 0.15) is 13.2 Å². The molecule has 69 heavy (non-hydrogen) atoms. The third-order valence-electron chi connectivity index (χ3n) is 10.2. The number of allylic oxidation sites excluding steroid dienone is 28. The van der Waals surface area contributed by atoms with E-state index in [1.54, 1.807) is 0 Å². The van der Waals surface area contributed by atoms with Crippen LogP contribution in [0.5, 0.6) is 0 Å². The molecule has 0 unspecified atom stereocenters. The van der Waals surface area contributed by atoms with Gasteiger partial charge < -0.3 is 14.2 Å². The number of esters is 3. The topological polar surface area (TPSA) is 78.9 Å². The molecule has 0 heterocycles. The maximum atomic E-state index is 12.8. The third kappa shape index (κ3) is 53.6. The van der Waals surface area contributed by atoms with Crippen molar-refractivity contribution in [2.45, 2.75) is 194 Å². The van der Waals surface area contributed by atoms with E-state index >= 15 is 0 Å². The van der Waals surface area contributed by atoms with Crippen LogP contribution in [0.4, 0.5) is 0 Å². The van der Waals surface area contributed by atoms with Gasteiger partial charge in [0.05, 0.1) is 0 Å². The number of hydrogen-bond acceptors (Lipinski definition) is 6. The van der Waals surface area contributed by atoms with Gasteiger partial charge in [-0.3, -0.25) is 14.4 Å². The van der Waals surface area contributed by atoms with Gasteiger partial charge in [0.25, 0.3) is 0 Å². The van der Waals surface area contributed by atoms with Crippen LogP contribution in [0.2, 0.25) is 0 Å². The molecule has 0 N–H and O–H groups in total. The predicted octanol–water partition coefficient (Wildman–Crippen LogP) is 18.0. The van der Waals surface area contributed by atoms with Gasteiger partial charge in [-0.05, 0) is 128 Å². The van der Waals surface area contributed by atoms with Gasteiger partial charge in [-0.25, -0.2) is 0 Å². The molecule has 0 rings (SSSR count). The highest BCUT2D eigenvalue weighted by Crippen LogP contribution is 2.11. The number of hydrogen-bond donors (Lipinski definition) is 0. The maximum Gasteiger partial charge on any atom is 0.306 e. The second-order valence-corrected chi connectivity index (χ2v) is 16.6. The van der Waals surface area contributed by atoms with Crippen LogP contribution in [0.25, 0.3) is 0 Å². The van der Waals surface area contributed by atoms with Crippen molar-refractivity contribution in [2.24, 2.45) is 0 Å². The van der Waals surface area contributed by atoms with Gasteiger partial charge in [-0.15, -0.1) is 0 Å². The zero-order valence-electron chi connectivity index (χ0n) is 43.5. The Balaban J connectivity index is 4.66. The van der Waals surface area contributed by atoms with Crippen molar-refractivity contribution in [2.75, 3.05) is 13.2 Å². The first-order valence-corrected chi connectivity index (χ1v) is 26.6. The van der Waals surface area contributed by atoms with E-state index in [1.807, 2.05) is 12.2 Å². The van der Waals surface area contributed by atoms with E-state index in [0.717, 1.165) is 135 Å². The number of unbranched alkanes of at least 4 members (excludes halogenated alkanes) is 6. The molecule has 0 spiro atoms. The number of carbonyl (C=O) groups is 3. The summed E-state index contributed by atoms with van der Waals surface area (Å²) in [6, 6.07) is 0. The summed E-state index contributed by atoms with van der Waals surface area (Å²) in [5, 5.41) is 0. The highest BCUT2D eigenvalue weighted by atomic mass is 16.6. The van der Waals surface area contributed by atoms with Gasteiger partial charge in [-0.1, -0.05) is 210 Å². The van der Waals surface area contributed by atoms with Crippen molar-refractivity contribution in [3.8, 4) is 0 Å². The lowest BCUT2D eigenvalue weighted by Crippen LogP contribution is -2.30. The largest absolute Gasteiger partial charge is 0.462 e. The molecule has 1 atom stereocenters. The number of carbonyl (C=O) groups excluding carboxylic acids is 3. The van der Waals surface area contributed by atoms with Crippen LogP contribution in [0.1, 0.15) is 188 Å². The minimum Gasteiger partial charge on any atom is -0.462 e. The molecule has 382 valence electrons. The highest BCUT2D eigenvalue weighted by molar-refractivity contribution is 5.71. The van der Waals surface area contributed by atoms with E-state index in [2.05, 4.69) is 179 Å². The Kier molecular flexibility index (Phi) is 51.2. The molecule has 0 saturated carbocycles. The summed E-state index contributed by atoms with van der Waals surface area (Å²) >= 11 is 0.